The molecule has 1 aromatic heterocycles. The predicted molar refractivity (Wildman–Crippen MR) is 66.9 cm³/mol. The molecule has 0 aromatic carbocycles. The Morgan fingerprint density at radius 2 is 2.38 bits per heavy atom. The summed E-state index contributed by atoms with van der Waals surface area (Å²) in [7, 11) is 0. The van der Waals surface area contributed by atoms with Gasteiger partial charge >= 0.3 is 0 Å². The fourth-order valence-electron chi connectivity index (χ4n) is 2.18. The van der Waals surface area contributed by atoms with Gasteiger partial charge in [0.25, 0.3) is 0 Å². The van der Waals surface area contributed by atoms with E-state index in [0.717, 1.165) is 24.6 Å². The first kappa shape index (κ1) is 11.6. The van der Waals surface area contributed by atoms with Crippen molar-refractivity contribution >= 4 is 17.5 Å². The summed E-state index contributed by atoms with van der Waals surface area (Å²) in [5.74, 6) is 1.40. The Hall–Kier alpha value is -0.830. The van der Waals surface area contributed by atoms with Crippen LogP contribution in [0, 0.1) is 12.8 Å². The molecule has 0 saturated heterocycles. The zero-order valence-corrected chi connectivity index (χ0v) is 10.4. The van der Waals surface area contributed by atoms with E-state index in [1.54, 1.807) is 6.20 Å². The molecule has 1 fully saturated rings. The molecule has 0 spiro atoms. The van der Waals surface area contributed by atoms with Crippen molar-refractivity contribution in [3.8, 4) is 0 Å². The van der Waals surface area contributed by atoms with Gasteiger partial charge in [-0.1, -0.05) is 6.42 Å². The Kier molecular flexibility index (Phi) is 3.99. The molecule has 0 bridgehead atoms. The molecule has 2 unspecified atom stereocenters. The lowest BCUT2D eigenvalue weighted by molar-refractivity contribution is 0.378. The number of hydrogen-bond donors (Lipinski definition) is 1. The van der Waals surface area contributed by atoms with Gasteiger partial charge in [-0.25, -0.2) is 9.97 Å². The van der Waals surface area contributed by atoms with Gasteiger partial charge < -0.3 is 5.32 Å². The number of nitrogens with zero attached hydrogens (tertiary/aromatic N) is 2. The van der Waals surface area contributed by atoms with Gasteiger partial charge in [0.15, 0.2) is 0 Å². The highest BCUT2D eigenvalue weighted by Crippen LogP contribution is 2.27. The minimum atomic E-state index is 0.360. The minimum Gasteiger partial charge on any atom is -0.354 e. The topological polar surface area (TPSA) is 37.8 Å². The van der Waals surface area contributed by atoms with E-state index in [-0.39, 0.29) is 0 Å². The smallest absolute Gasteiger partial charge is 0.222 e. The quantitative estimate of drug-likeness (QED) is 0.824. The molecule has 2 rings (SSSR count). The van der Waals surface area contributed by atoms with E-state index in [0.29, 0.717) is 11.3 Å². The summed E-state index contributed by atoms with van der Waals surface area (Å²) in [5, 5.41) is 3.66. The van der Waals surface area contributed by atoms with Crippen LogP contribution in [0.4, 0.5) is 5.95 Å². The molecular formula is C12H18ClN3. The summed E-state index contributed by atoms with van der Waals surface area (Å²) in [6.45, 7) is 2.91. The van der Waals surface area contributed by atoms with Crippen LogP contribution < -0.4 is 5.32 Å². The lowest BCUT2D eigenvalue weighted by Crippen LogP contribution is -2.23. The van der Waals surface area contributed by atoms with Crippen LogP contribution in [0.1, 0.15) is 31.4 Å². The third kappa shape index (κ3) is 3.34. The summed E-state index contributed by atoms with van der Waals surface area (Å²) >= 11 is 6.16. The van der Waals surface area contributed by atoms with Crippen LogP contribution in [0.15, 0.2) is 12.3 Å². The van der Waals surface area contributed by atoms with Crippen LogP contribution in [-0.2, 0) is 0 Å². The molecule has 1 aliphatic carbocycles. The standard InChI is InChI=1S/C12H18ClN3/c1-9-5-6-14-12(16-9)15-8-10-3-2-4-11(13)7-10/h5-6,10-11H,2-4,7-8H2,1H3,(H,14,15,16). The van der Waals surface area contributed by atoms with E-state index in [2.05, 4.69) is 15.3 Å². The lowest BCUT2D eigenvalue weighted by Gasteiger charge is -2.25. The number of hydrogen-bond acceptors (Lipinski definition) is 3. The van der Waals surface area contributed by atoms with Crippen LogP contribution in [0.25, 0.3) is 0 Å². The predicted octanol–water partition coefficient (Wildman–Crippen LogP) is 2.99. The zero-order chi connectivity index (χ0) is 11.4. The molecule has 0 amide bonds. The highest BCUT2D eigenvalue weighted by Gasteiger charge is 2.19. The number of halogens is 1. The Morgan fingerprint density at radius 3 is 3.12 bits per heavy atom. The van der Waals surface area contributed by atoms with E-state index in [4.69, 9.17) is 11.6 Å². The van der Waals surface area contributed by atoms with Crippen molar-refractivity contribution in [1.29, 1.82) is 0 Å². The molecular weight excluding hydrogens is 222 g/mol. The number of anilines is 1. The Balaban J connectivity index is 1.82. The normalized spacial score (nSPS) is 25.4. The van der Waals surface area contributed by atoms with Crippen molar-refractivity contribution in [3.63, 3.8) is 0 Å². The molecule has 0 radical (unpaired) electrons. The Labute approximate surface area is 102 Å². The van der Waals surface area contributed by atoms with Crippen LogP contribution in [0.2, 0.25) is 0 Å². The molecule has 4 heteroatoms. The van der Waals surface area contributed by atoms with Gasteiger partial charge in [-0.05, 0) is 38.2 Å². The van der Waals surface area contributed by atoms with Gasteiger partial charge in [0, 0.05) is 23.8 Å². The van der Waals surface area contributed by atoms with E-state index in [1.807, 2.05) is 13.0 Å². The van der Waals surface area contributed by atoms with Gasteiger partial charge in [0.05, 0.1) is 0 Å². The van der Waals surface area contributed by atoms with Crippen molar-refractivity contribution in [2.75, 3.05) is 11.9 Å². The summed E-state index contributed by atoms with van der Waals surface area (Å²) in [6.07, 6.45) is 6.58. The van der Waals surface area contributed by atoms with Crippen LogP contribution in [0.5, 0.6) is 0 Å². The van der Waals surface area contributed by atoms with Crippen molar-refractivity contribution in [3.05, 3.63) is 18.0 Å². The molecule has 1 heterocycles. The second-order valence-electron chi connectivity index (χ2n) is 4.53. The SMILES string of the molecule is Cc1ccnc(NCC2CCCC(Cl)C2)n1. The molecule has 2 atom stereocenters. The van der Waals surface area contributed by atoms with Crippen LogP contribution >= 0.6 is 11.6 Å². The number of alkyl halides is 1. The van der Waals surface area contributed by atoms with Crippen molar-refractivity contribution in [2.24, 2.45) is 5.92 Å². The summed E-state index contributed by atoms with van der Waals surface area (Å²) in [6, 6.07) is 1.90. The summed E-state index contributed by atoms with van der Waals surface area (Å²) in [4.78, 5) is 8.51. The first-order chi connectivity index (χ1) is 7.74. The average molecular weight is 240 g/mol. The second-order valence-corrected chi connectivity index (χ2v) is 5.15. The third-order valence-corrected chi connectivity index (χ3v) is 3.46. The van der Waals surface area contributed by atoms with Crippen molar-refractivity contribution in [1.82, 2.24) is 9.97 Å². The molecule has 16 heavy (non-hydrogen) atoms. The summed E-state index contributed by atoms with van der Waals surface area (Å²) < 4.78 is 0. The monoisotopic (exact) mass is 239 g/mol. The van der Waals surface area contributed by atoms with Gasteiger partial charge in [-0.15, -0.1) is 11.6 Å². The lowest BCUT2D eigenvalue weighted by atomic mass is 9.89. The first-order valence-corrected chi connectivity index (χ1v) is 6.35. The third-order valence-electron chi connectivity index (χ3n) is 3.06. The molecule has 1 aliphatic rings. The van der Waals surface area contributed by atoms with Gasteiger partial charge in [-0.3, -0.25) is 0 Å². The maximum Gasteiger partial charge on any atom is 0.222 e. The van der Waals surface area contributed by atoms with E-state index in [9.17, 15) is 0 Å². The molecule has 1 aromatic rings. The minimum absolute atomic E-state index is 0.360. The molecule has 88 valence electrons. The average Bonchev–Trinajstić information content (AvgIpc) is 2.27. The fraction of sp³-hybridized carbons (Fsp3) is 0.667. The number of nitrogens with one attached hydrogen (secondary N) is 1. The van der Waals surface area contributed by atoms with Gasteiger partial charge in [-0.2, -0.15) is 0 Å². The fourth-order valence-corrected chi connectivity index (χ4v) is 2.59. The summed E-state index contributed by atoms with van der Waals surface area (Å²) in [5.41, 5.74) is 0.997. The highest BCUT2D eigenvalue weighted by atomic mass is 35.5. The Bertz CT molecular complexity index is 343. The zero-order valence-electron chi connectivity index (χ0n) is 9.62. The molecule has 1 saturated carbocycles. The van der Waals surface area contributed by atoms with E-state index < -0.39 is 0 Å². The largest absolute Gasteiger partial charge is 0.354 e. The van der Waals surface area contributed by atoms with E-state index >= 15 is 0 Å². The highest BCUT2D eigenvalue weighted by molar-refractivity contribution is 6.20. The molecule has 3 nitrogen and oxygen atoms in total. The van der Waals surface area contributed by atoms with Crippen molar-refractivity contribution in [2.45, 2.75) is 38.0 Å². The number of aromatic nitrogens is 2. The number of rotatable bonds is 3. The maximum absolute atomic E-state index is 6.16. The van der Waals surface area contributed by atoms with E-state index in [1.165, 1.54) is 19.3 Å². The maximum atomic E-state index is 6.16. The van der Waals surface area contributed by atoms with Crippen LogP contribution in [0.3, 0.4) is 0 Å². The van der Waals surface area contributed by atoms with Crippen molar-refractivity contribution < 1.29 is 0 Å². The van der Waals surface area contributed by atoms with Gasteiger partial charge in [0.2, 0.25) is 5.95 Å². The Morgan fingerprint density at radius 1 is 1.50 bits per heavy atom. The number of aryl methyl sites for hydroxylation is 1. The first-order valence-electron chi connectivity index (χ1n) is 5.91. The second kappa shape index (κ2) is 5.48. The molecule has 1 N–H and O–H groups in total. The van der Waals surface area contributed by atoms with Gasteiger partial charge in [0.1, 0.15) is 0 Å². The molecule has 0 aliphatic heterocycles. The van der Waals surface area contributed by atoms with Crippen LogP contribution in [-0.4, -0.2) is 21.9 Å².